The second-order valence-electron chi connectivity index (χ2n) is 7.63. The maximum absolute atomic E-state index is 14.4. The summed E-state index contributed by atoms with van der Waals surface area (Å²) in [6, 6.07) is 10.5. The molecular formula is C22H18ClF4N3O. The average molecular weight is 452 g/mol. The van der Waals surface area contributed by atoms with Crippen LogP contribution in [0.25, 0.3) is 10.9 Å². The van der Waals surface area contributed by atoms with Crippen LogP contribution in [-0.2, 0) is 4.79 Å². The van der Waals surface area contributed by atoms with E-state index in [1.54, 1.807) is 12.1 Å². The number of fused-ring (bicyclic) bond motifs is 1. The number of carbonyl (C=O) groups excluding carboxylic acids is 1. The molecule has 31 heavy (non-hydrogen) atoms. The molecule has 3 aromatic rings. The van der Waals surface area contributed by atoms with Gasteiger partial charge in [-0.1, -0.05) is 23.7 Å². The average Bonchev–Trinajstić information content (AvgIpc) is 3.20. The Balaban J connectivity index is 1.64. The van der Waals surface area contributed by atoms with Gasteiger partial charge in [-0.2, -0.15) is 0 Å². The van der Waals surface area contributed by atoms with E-state index in [4.69, 9.17) is 11.6 Å². The molecule has 2 N–H and O–H groups in total. The molecule has 0 saturated heterocycles. The van der Waals surface area contributed by atoms with E-state index in [0.717, 1.165) is 0 Å². The summed E-state index contributed by atoms with van der Waals surface area (Å²) in [5, 5.41) is 5.69. The second kappa shape index (κ2) is 7.37. The van der Waals surface area contributed by atoms with Crippen LogP contribution in [0, 0.1) is 5.41 Å². The lowest BCUT2D eigenvalue weighted by Crippen LogP contribution is -2.31. The van der Waals surface area contributed by atoms with Crippen molar-refractivity contribution in [1.29, 1.82) is 0 Å². The minimum atomic E-state index is -3.17. The van der Waals surface area contributed by atoms with Crippen molar-refractivity contribution in [3.05, 3.63) is 64.8 Å². The van der Waals surface area contributed by atoms with Gasteiger partial charge in [-0.15, -0.1) is 0 Å². The van der Waals surface area contributed by atoms with E-state index in [9.17, 15) is 22.4 Å². The summed E-state index contributed by atoms with van der Waals surface area (Å²) >= 11 is 5.96. The van der Waals surface area contributed by atoms with Gasteiger partial charge in [0.2, 0.25) is 5.91 Å². The molecule has 0 spiro atoms. The number of anilines is 2. The van der Waals surface area contributed by atoms with Gasteiger partial charge in [0.15, 0.2) is 0 Å². The van der Waals surface area contributed by atoms with Crippen molar-refractivity contribution in [1.82, 2.24) is 10.3 Å². The van der Waals surface area contributed by atoms with Crippen LogP contribution in [0.2, 0.25) is 5.02 Å². The highest BCUT2D eigenvalue weighted by Gasteiger charge is 2.82. The van der Waals surface area contributed by atoms with Crippen molar-refractivity contribution in [3.8, 4) is 0 Å². The number of rotatable bonds is 5. The monoisotopic (exact) mass is 451 g/mol. The van der Waals surface area contributed by atoms with E-state index in [1.807, 2.05) is 0 Å². The summed E-state index contributed by atoms with van der Waals surface area (Å²) in [5.74, 6) is -5.16. The van der Waals surface area contributed by atoms with Crippen molar-refractivity contribution in [2.75, 3.05) is 12.4 Å². The first kappa shape index (κ1) is 21.4. The van der Waals surface area contributed by atoms with Crippen LogP contribution in [0.5, 0.6) is 0 Å². The van der Waals surface area contributed by atoms with Crippen LogP contribution in [0.4, 0.5) is 28.9 Å². The third-order valence-corrected chi connectivity index (χ3v) is 6.10. The number of hydrogen-bond acceptors (Lipinski definition) is 3. The van der Waals surface area contributed by atoms with Crippen LogP contribution in [-0.4, -0.2) is 23.9 Å². The predicted molar refractivity (Wildman–Crippen MR) is 111 cm³/mol. The van der Waals surface area contributed by atoms with Gasteiger partial charge < -0.3 is 10.6 Å². The number of carbonyl (C=O) groups is 1. The van der Waals surface area contributed by atoms with Gasteiger partial charge in [-0.05, 0) is 42.8 Å². The quantitative estimate of drug-likeness (QED) is 0.464. The topological polar surface area (TPSA) is 54.0 Å². The van der Waals surface area contributed by atoms with Crippen molar-refractivity contribution in [2.45, 2.75) is 25.2 Å². The summed E-state index contributed by atoms with van der Waals surface area (Å²) in [5.41, 5.74) is -0.897. The minimum Gasteiger partial charge on any atom is -0.358 e. The Bertz CT molecular complexity index is 1170. The van der Waals surface area contributed by atoms with Gasteiger partial charge in [0.25, 0.3) is 12.3 Å². The zero-order valence-electron chi connectivity index (χ0n) is 16.5. The molecule has 2 atom stereocenters. The van der Waals surface area contributed by atoms with Gasteiger partial charge in [0.1, 0.15) is 5.41 Å². The fraction of sp³-hybridized carbons (Fsp3) is 0.273. The highest BCUT2D eigenvalue weighted by molar-refractivity contribution is 6.31. The highest BCUT2D eigenvalue weighted by atomic mass is 35.5. The van der Waals surface area contributed by atoms with Gasteiger partial charge in [0, 0.05) is 23.1 Å². The first-order valence-corrected chi connectivity index (χ1v) is 9.82. The normalized spacial score (nSPS) is 21.9. The minimum absolute atomic E-state index is 0.0875. The number of alkyl halides is 4. The molecule has 0 radical (unpaired) electrons. The standard InChI is InChI=1S/C22H18ClF4N3O/c1-21(20(31)28-2)18(22(21,26)27)11-3-6-13(7-4-11)30-16-10-29-15-8-5-12(23)9-14(15)17(16)19(24)25/h3-10,18-19,30H,1-2H3,(H,28,31). The van der Waals surface area contributed by atoms with E-state index >= 15 is 0 Å². The molecule has 4 rings (SSSR count). The molecule has 9 heteroatoms. The molecule has 1 fully saturated rings. The molecule has 1 heterocycles. The third kappa shape index (κ3) is 3.29. The SMILES string of the molecule is CNC(=O)C1(C)C(c2ccc(Nc3cnc4ccc(Cl)cc4c3C(F)F)cc2)C1(F)F. The van der Waals surface area contributed by atoms with Crippen molar-refractivity contribution < 1.29 is 22.4 Å². The Morgan fingerprint density at radius 3 is 2.45 bits per heavy atom. The van der Waals surface area contributed by atoms with Crippen LogP contribution in [0.1, 0.15) is 30.4 Å². The first-order chi connectivity index (χ1) is 14.6. The Hall–Kier alpha value is -2.87. The number of benzene rings is 2. The number of nitrogens with zero attached hydrogens (tertiary/aromatic N) is 1. The Kier molecular flexibility index (Phi) is 5.08. The van der Waals surface area contributed by atoms with E-state index < -0.39 is 29.6 Å². The van der Waals surface area contributed by atoms with Crippen molar-refractivity contribution in [2.24, 2.45) is 5.41 Å². The summed E-state index contributed by atoms with van der Waals surface area (Å²) < 4.78 is 56.4. The fourth-order valence-corrected chi connectivity index (χ4v) is 4.22. The summed E-state index contributed by atoms with van der Waals surface area (Å²) in [7, 11) is 1.32. The number of pyridine rings is 1. The number of aromatic nitrogens is 1. The molecule has 1 aliphatic rings. The molecule has 1 amide bonds. The predicted octanol–water partition coefficient (Wildman–Crippen LogP) is 6.05. The van der Waals surface area contributed by atoms with E-state index in [-0.39, 0.29) is 16.6 Å². The molecule has 1 aliphatic carbocycles. The molecule has 162 valence electrons. The van der Waals surface area contributed by atoms with Gasteiger partial charge in [-0.25, -0.2) is 17.6 Å². The maximum Gasteiger partial charge on any atom is 0.270 e. The van der Waals surface area contributed by atoms with Crippen LogP contribution in [0.15, 0.2) is 48.7 Å². The summed E-state index contributed by atoms with van der Waals surface area (Å²) in [6.07, 6.45) is -1.49. The zero-order valence-corrected chi connectivity index (χ0v) is 17.3. The molecule has 4 nitrogen and oxygen atoms in total. The number of hydrogen-bond donors (Lipinski definition) is 2. The maximum atomic E-state index is 14.4. The smallest absolute Gasteiger partial charge is 0.270 e. The molecule has 0 bridgehead atoms. The molecule has 1 saturated carbocycles. The molecule has 1 aromatic heterocycles. The largest absolute Gasteiger partial charge is 0.358 e. The lowest BCUT2D eigenvalue weighted by Gasteiger charge is -2.14. The van der Waals surface area contributed by atoms with Crippen LogP contribution >= 0.6 is 11.6 Å². The van der Waals surface area contributed by atoms with E-state index in [1.165, 1.54) is 50.5 Å². The number of halogens is 5. The van der Waals surface area contributed by atoms with Crippen molar-refractivity contribution in [3.63, 3.8) is 0 Å². The van der Waals surface area contributed by atoms with Crippen molar-refractivity contribution >= 4 is 39.8 Å². The van der Waals surface area contributed by atoms with Gasteiger partial charge in [-0.3, -0.25) is 9.78 Å². The van der Waals surface area contributed by atoms with Gasteiger partial charge in [0.05, 0.1) is 28.9 Å². The van der Waals surface area contributed by atoms with Crippen LogP contribution in [0.3, 0.4) is 0 Å². The second-order valence-corrected chi connectivity index (χ2v) is 8.07. The van der Waals surface area contributed by atoms with E-state index in [0.29, 0.717) is 21.8 Å². The highest BCUT2D eigenvalue weighted by Crippen LogP contribution is 2.71. The summed E-state index contributed by atoms with van der Waals surface area (Å²) in [6.45, 7) is 1.23. The molecule has 0 aliphatic heterocycles. The molecular weight excluding hydrogens is 434 g/mol. The number of amides is 1. The van der Waals surface area contributed by atoms with Crippen LogP contribution < -0.4 is 10.6 Å². The number of nitrogens with one attached hydrogen (secondary N) is 2. The lowest BCUT2D eigenvalue weighted by molar-refractivity contribution is -0.128. The molecule has 2 aromatic carbocycles. The Morgan fingerprint density at radius 1 is 1.16 bits per heavy atom. The fourth-order valence-electron chi connectivity index (χ4n) is 4.05. The van der Waals surface area contributed by atoms with E-state index in [2.05, 4.69) is 15.6 Å². The zero-order chi connectivity index (χ0) is 22.6. The Labute approximate surface area is 180 Å². The third-order valence-electron chi connectivity index (χ3n) is 5.86. The van der Waals surface area contributed by atoms with Gasteiger partial charge >= 0.3 is 0 Å². The Morgan fingerprint density at radius 2 is 1.84 bits per heavy atom. The first-order valence-electron chi connectivity index (χ1n) is 9.44. The molecule has 2 unspecified atom stereocenters. The summed E-state index contributed by atoms with van der Waals surface area (Å²) in [4.78, 5) is 16.1. The lowest BCUT2D eigenvalue weighted by atomic mass is 10.00.